The van der Waals surface area contributed by atoms with Crippen molar-refractivity contribution in [1.29, 1.82) is 0 Å². The van der Waals surface area contributed by atoms with Crippen LogP contribution in [0.1, 0.15) is 25.0 Å². The van der Waals surface area contributed by atoms with Crippen molar-refractivity contribution in [2.24, 2.45) is 0 Å². The molecule has 2 N–H and O–H groups in total. The Bertz CT molecular complexity index is 504. The summed E-state index contributed by atoms with van der Waals surface area (Å²) in [6, 6.07) is 7.63. The van der Waals surface area contributed by atoms with Crippen molar-refractivity contribution in [3.05, 3.63) is 35.4 Å². The minimum absolute atomic E-state index is 0.0334. The summed E-state index contributed by atoms with van der Waals surface area (Å²) in [5.74, 6) is 1.83. The summed E-state index contributed by atoms with van der Waals surface area (Å²) in [5, 5.41) is 3.06. The number of thioether (sulfide) groups is 1. The van der Waals surface area contributed by atoms with Gasteiger partial charge < -0.3 is 5.32 Å². The molecule has 0 aliphatic carbocycles. The van der Waals surface area contributed by atoms with Crippen LogP contribution in [0, 0.1) is 0 Å². The van der Waals surface area contributed by atoms with Crippen molar-refractivity contribution in [2.45, 2.75) is 32.2 Å². The molecule has 0 saturated heterocycles. The van der Waals surface area contributed by atoms with Gasteiger partial charge in [-0.15, -0.1) is 0 Å². The number of hydrogen-bond donors (Lipinski definition) is 2. The standard InChI is InChI=1S/C14H24N2O2S2/c1-4-19-10-12(2)16-20(17,18)11-14-7-5-6-13(8-14)9-15-3/h5-8,12,15-16H,4,9-11H2,1-3H3. The molecule has 114 valence electrons. The molecule has 20 heavy (non-hydrogen) atoms. The smallest absolute Gasteiger partial charge is 0.216 e. The van der Waals surface area contributed by atoms with Crippen LogP contribution in [-0.4, -0.2) is 33.0 Å². The Morgan fingerprint density at radius 3 is 2.65 bits per heavy atom. The highest BCUT2D eigenvalue weighted by atomic mass is 32.2. The average molecular weight is 316 g/mol. The fraction of sp³-hybridized carbons (Fsp3) is 0.571. The van der Waals surface area contributed by atoms with Crippen LogP contribution in [0.5, 0.6) is 0 Å². The first-order valence-electron chi connectivity index (χ1n) is 6.77. The Balaban J connectivity index is 2.63. The number of rotatable bonds is 9. The molecule has 0 fully saturated rings. The van der Waals surface area contributed by atoms with Crippen LogP contribution < -0.4 is 10.0 Å². The van der Waals surface area contributed by atoms with Crippen molar-refractivity contribution in [2.75, 3.05) is 18.6 Å². The number of benzene rings is 1. The average Bonchev–Trinajstić information content (AvgIpc) is 2.36. The molecule has 0 heterocycles. The molecule has 0 saturated carbocycles. The molecule has 6 heteroatoms. The lowest BCUT2D eigenvalue weighted by Gasteiger charge is -2.14. The van der Waals surface area contributed by atoms with Crippen LogP contribution in [0.2, 0.25) is 0 Å². The van der Waals surface area contributed by atoms with Gasteiger partial charge in [0.25, 0.3) is 0 Å². The molecule has 0 spiro atoms. The largest absolute Gasteiger partial charge is 0.316 e. The van der Waals surface area contributed by atoms with Crippen LogP contribution >= 0.6 is 11.8 Å². The second-order valence-electron chi connectivity index (χ2n) is 4.79. The van der Waals surface area contributed by atoms with E-state index in [4.69, 9.17) is 0 Å². The summed E-state index contributed by atoms with van der Waals surface area (Å²) >= 11 is 1.74. The van der Waals surface area contributed by atoms with Gasteiger partial charge in [-0.2, -0.15) is 11.8 Å². The molecule has 1 rings (SSSR count). The zero-order chi connectivity index (χ0) is 15.0. The zero-order valence-corrected chi connectivity index (χ0v) is 14.0. The third-order valence-corrected chi connectivity index (χ3v) is 5.30. The number of hydrogen-bond acceptors (Lipinski definition) is 4. The first-order chi connectivity index (χ1) is 9.46. The predicted molar refractivity (Wildman–Crippen MR) is 87.4 cm³/mol. The van der Waals surface area contributed by atoms with E-state index in [-0.39, 0.29) is 11.8 Å². The molecule has 0 amide bonds. The van der Waals surface area contributed by atoms with E-state index in [1.54, 1.807) is 11.8 Å². The second kappa shape index (κ2) is 8.67. The van der Waals surface area contributed by atoms with Gasteiger partial charge in [-0.05, 0) is 30.9 Å². The van der Waals surface area contributed by atoms with E-state index in [0.717, 1.165) is 29.2 Å². The Kier molecular flexibility index (Phi) is 7.58. The Morgan fingerprint density at radius 2 is 2.00 bits per heavy atom. The first kappa shape index (κ1) is 17.5. The van der Waals surface area contributed by atoms with Gasteiger partial charge in [-0.3, -0.25) is 0 Å². The lowest BCUT2D eigenvalue weighted by atomic mass is 10.1. The van der Waals surface area contributed by atoms with E-state index in [1.807, 2.05) is 38.2 Å². The van der Waals surface area contributed by atoms with Crippen molar-refractivity contribution in [1.82, 2.24) is 10.0 Å². The molecule has 0 bridgehead atoms. The summed E-state index contributed by atoms with van der Waals surface area (Å²) in [4.78, 5) is 0. The molecule has 4 nitrogen and oxygen atoms in total. The second-order valence-corrected chi connectivity index (χ2v) is 7.86. The maximum atomic E-state index is 12.1. The molecule has 1 unspecified atom stereocenters. The van der Waals surface area contributed by atoms with Crippen LogP contribution in [0.25, 0.3) is 0 Å². The third-order valence-electron chi connectivity index (χ3n) is 2.68. The van der Waals surface area contributed by atoms with Gasteiger partial charge in [-0.25, -0.2) is 13.1 Å². The summed E-state index contributed by atoms with van der Waals surface area (Å²) in [7, 11) is -1.41. The van der Waals surface area contributed by atoms with E-state index < -0.39 is 10.0 Å². The van der Waals surface area contributed by atoms with Gasteiger partial charge in [0.15, 0.2) is 0 Å². The lowest BCUT2D eigenvalue weighted by Crippen LogP contribution is -2.35. The summed E-state index contributed by atoms with van der Waals surface area (Å²) in [6.45, 7) is 4.71. The summed E-state index contributed by atoms with van der Waals surface area (Å²) < 4.78 is 26.9. The summed E-state index contributed by atoms with van der Waals surface area (Å²) in [6.07, 6.45) is 0. The quantitative estimate of drug-likeness (QED) is 0.731. The van der Waals surface area contributed by atoms with Gasteiger partial charge in [0.1, 0.15) is 0 Å². The first-order valence-corrected chi connectivity index (χ1v) is 9.57. The Labute approximate surface area is 126 Å². The van der Waals surface area contributed by atoms with E-state index >= 15 is 0 Å². The molecule has 0 aliphatic heterocycles. The van der Waals surface area contributed by atoms with E-state index in [2.05, 4.69) is 17.0 Å². The zero-order valence-electron chi connectivity index (χ0n) is 12.3. The van der Waals surface area contributed by atoms with Gasteiger partial charge >= 0.3 is 0 Å². The molecule has 0 radical (unpaired) electrons. The maximum absolute atomic E-state index is 12.1. The fourth-order valence-corrected chi connectivity index (χ4v) is 4.11. The van der Waals surface area contributed by atoms with Crippen LogP contribution in [0.15, 0.2) is 24.3 Å². The molecule has 1 aromatic carbocycles. The van der Waals surface area contributed by atoms with Gasteiger partial charge in [-0.1, -0.05) is 31.2 Å². The van der Waals surface area contributed by atoms with Gasteiger partial charge in [0, 0.05) is 18.3 Å². The third kappa shape index (κ3) is 6.74. The van der Waals surface area contributed by atoms with Crippen LogP contribution in [0.4, 0.5) is 0 Å². The molecular formula is C14H24N2O2S2. The molecule has 0 aromatic heterocycles. The Hall–Kier alpha value is -0.560. The molecule has 1 atom stereocenters. The van der Waals surface area contributed by atoms with Crippen molar-refractivity contribution >= 4 is 21.8 Å². The fourth-order valence-electron chi connectivity index (χ4n) is 1.93. The highest BCUT2D eigenvalue weighted by molar-refractivity contribution is 7.99. The minimum Gasteiger partial charge on any atom is -0.316 e. The monoisotopic (exact) mass is 316 g/mol. The number of sulfonamides is 1. The van der Waals surface area contributed by atoms with Crippen molar-refractivity contribution in [3.8, 4) is 0 Å². The van der Waals surface area contributed by atoms with Crippen molar-refractivity contribution in [3.63, 3.8) is 0 Å². The van der Waals surface area contributed by atoms with E-state index in [1.165, 1.54) is 0 Å². The van der Waals surface area contributed by atoms with E-state index in [9.17, 15) is 8.42 Å². The van der Waals surface area contributed by atoms with Crippen molar-refractivity contribution < 1.29 is 8.42 Å². The summed E-state index contributed by atoms with van der Waals surface area (Å²) in [5.41, 5.74) is 1.91. The molecule has 1 aromatic rings. The maximum Gasteiger partial charge on any atom is 0.216 e. The predicted octanol–water partition coefficient (Wildman–Crippen LogP) is 1.97. The normalized spacial score (nSPS) is 13.3. The van der Waals surface area contributed by atoms with Crippen LogP contribution in [0.3, 0.4) is 0 Å². The highest BCUT2D eigenvalue weighted by Gasteiger charge is 2.15. The number of nitrogens with one attached hydrogen (secondary N) is 2. The van der Waals surface area contributed by atoms with Crippen LogP contribution in [-0.2, 0) is 22.3 Å². The van der Waals surface area contributed by atoms with E-state index in [0.29, 0.717) is 0 Å². The SMILES string of the molecule is CCSCC(C)NS(=O)(=O)Cc1cccc(CNC)c1. The topological polar surface area (TPSA) is 58.2 Å². The Morgan fingerprint density at radius 1 is 1.30 bits per heavy atom. The minimum atomic E-state index is -3.28. The molecule has 0 aliphatic rings. The highest BCUT2D eigenvalue weighted by Crippen LogP contribution is 2.10. The van der Waals surface area contributed by atoms with Gasteiger partial charge in [0.2, 0.25) is 10.0 Å². The molecular weight excluding hydrogens is 292 g/mol. The lowest BCUT2D eigenvalue weighted by molar-refractivity contribution is 0.570. The van der Waals surface area contributed by atoms with Gasteiger partial charge in [0.05, 0.1) is 5.75 Å².